The van der Waals surface area contributed by atoms with Crippen LogP contribution in [-0.2, 0) is 4.79 Å². The van der Waals surface area contributed by atoms with Crippen LogP contribution in [0.4, 0.5) is 11.4 Å². The molecule has 0 saturated carbocycles. The Hall–Kier alpha value is -2.86. The van der Waals surface area contributed by atoms with Gasteiger partial charge in [-0.2, -0.15) is 0 Å². The van der Waals surface area contributed by atoms with Crippen LogP contribution < -0.4 is 4.90 Å². The summed E-state index contributed by atoms with van der Waals surface area (Å²) in [5, 5.41) is 11.5. The first-order valence-electron chi connectivity index (χ1n) is 7.81. The largest absolute Gasteiger partial charge is 0.335 e. The fraction of sp³-hybridized carbons (Fsp3) is 0.105. The second kappa shape index (κ2) is 7.36. The molecule has 6 heteroatoms. The van der Waals surface area contributed by atoms with E-state index in [0.29, 0.717) is 0 Å². The van der Waals surface area contributed by atoms with Gasteiger partial charge in [-0.25, -0.2) is 0 Å². The molecule has 1 aliphatic rings. The summed E-state index contributed by atoms with van der Waals surface area (Å²) in [4.78, 5) is 25.7. The quantitative estimate of drug-likeness (QED) is 0.445. The number of fused-ring (bicyclic) bond motifs is 1. The molecule has 2 aromatic carbocycles. The number of nitro groups is 1. The first kappa shape index (κ1) is 17.0. The lowest BCUT2D eigenvalue weighted by atomic mass is 10.2. The zero-order chi connectivity index (χ0) is 17.8. The summed E-state index contributed by atoms with van der Waals surface area (Å²) in [5.74, 6) is -0.118. The number of ketones is 1. The molecule has 0 fully saturated rings. The van der Waals surface area contributed by atoms with Crippen LogP contribution in [0.5, 0.6) is 0 Å². The van der Waals surface area contributed by atoms with E-state index in [2.05, 4.69) is 4.90 Å². The maximum Gasteiger partial charge on any atom is 0.269 e. The van der Waals surface area contributed by atoms with E-state index in [1.807, 2.05) is 31.2 Å². The average Bonchev–Trinajstić information content (AvgIpc) is 2.97. The standard InChI is InChI=1S/C19H16N2O3S/c1-2-20-17-5-3-4-6-18(17)25-19(20)13-16(22)12-9-14-7-10-15(11-8-14)21(23)24/h3-13H,2H2,1H3. The van der Waals surface area contributed by atoms with E-state index in [0.717, 1.165) is 27.7 Å². The molecule has 0 unspecified atom stereocenters. The smallest absolute Gasteiger partial charge is 0.269 e. The van der Waals surface area contributed by atoms with Gasteiger partial charge in [-0.3, -0.25) is 14.9 Å². The molecule has 0 saturated heterocycles. The van der Waals surface area contributed by atoms with Gasteiger partial charge in [-0.05, 0) is 42.8 Å². The molecule has 0 aliphatic carbocycles. The lowest BCUT2D eigenvalue weighted by Gasteiger charge is -2.17. The summed E-state index contributed by atoms with van der Waals surface area (Å²) in [6.07, 6.45) is 4.76. The lowest BCUT2D eigenvalue weighted by molar-refractivity contribution is -0.384. The predicted molar refractivity (Wildman–Crippen MR) is 101 cm³/mol. The Morgan fingerprint density at radius 2 is 1.92 bits per heavy atom. The summed E-state index contributed by atoms with van der Waals surface area (Å²) in [5.41, 5.74) is 1.89. The third kappa shape index (κ3) is 3.80. The molecule has 0 atom stereocenters. The fourth-order valence-corrected chi connectivity index (χ4v) is 3.71. The van der Waals surface area contributed by atoms with Crippen molar-refractivity contribution in [1.82, 2.24) is 0 Å². The fourth-order valence-electron chi connectivity index (χ4n) is 2.54. The van der Waals surface area contributed by atoms with Crippen molar-refractivity contribution < 1.29 is 9.72 Å². The maximum atomic E-state index is 12.2. The molecule has 0 bridgehead atoms. The minimum absolute atomic E-state index is 0.0318. The number of para-hydroxylation sites is 1. The minimum atomic E-state index is -0.447. The Bertz CT molecular complexity index is 872. The van der Waals surface area contributed by atoms with E-state index in [1.165, 1.54) is 18.2 Å². The molecule has 0 radical (unpaired) electrons. The lowest BCUT2D eigenvalue weighted by Crippen LogP contribution is -2.17. The second-order valence-electron chi connectivity index (χ2n) is 5.38. The number of benzene rings is 2. The Morgan fingerprint density at radius 1 is 1.20 bits per heavy atom. The van der Waals surface area contributed by atoms with Gasteiger partial charge < -0.3 is 4.90 Å². The van der Waals surface area contributed by atoms with Gasteiger partial charge in [0.05, 0.1) is 15.6 Å². The highest BCUT2D eigenvalue weighted by Gasteiger charge is 2.23. The number of hydrogen-bond acceptors (Lipinski definition) is 5. The molecular weight excluding hydrogens is 336 g/mol. The number of nitro benzene ring substituents is 1. The molecule has 0 N–H and O–H groups in total. The average molecular weight is 352 g/mol. The topological polar surface area (TPSA) is 63.5 Å². The van der Waals surface area contributed by atoms with E-state index >= 15 is 0 Å². The van der Waals surface area contributed by atoms with E-state index in [1.54, 1.807) is 36.0 Å². The van der Waals surface area contributed by atoms with Gasteiger partial charge >= 0.3 is 0 Å². The molecule has 0 aromatic heterocycles. The number of carbonyl (C=O) groups excluding carboxylic acids is 1. The first-order chi connectivity index (χ1) is 12.1. The number of rotatable bonds is 5. The highest BCUT2D eigenvalue weighted by molar-refractivity contribution is 8.03. The van der Waals surface area contributed by atoms with Crippen molar-refractivity contribution in [2.45, 2.75) is 11.8 Å². The van der Waals surface area contributed by atoms with Crippen LogP contribution in [0.3, 0.4) is 0 Å². The number of anilines is 1. The SMILES string of the molecule is CCN1C(=CC(=O)C=Cc2ccc([N+](=O)[O-])cc2)Sc2ccccc21. The molecule has 2 aromatic rings. The van der Waals surface area contributed by atoms with Crippen LogP contribution in [0.25, 0.3) is 6.08 Å². The number of non-ortho nitro benzene ring substituents is 1. The van der Waals surface area contributed by atoms with Crippen LogP contribution in [-0.4, -0.2) is 17.3 Å². The second-order valence-corrected chi connectivity index (χ2v) is 6.44. The molecule has 1 heterocycles. The van der Waals surface area contributed by atoms with Crippen molar-refractivity contribution in [2.75, 3.05) is 11.4 Å². The van der Waals surface area contributed by atoms with Crippen molar-refractivity contribution in [3.05, 3.63) is 81.4 Å². The highest BCUT2D eigenvalue weighted by Crippen LogP contribution is 2.45. The van der Waals surface area contributed by atoms with Crippen LogP contribution >= 0.6 is 11.8 Å². The van der Waals surface area contributed by atoms with E-state index in [9.17, 15) is 14.9 Å². The number of allylic oxidation sites excluding steroid dienone is 2. The highest BCUT2D eigenvalue weighted by atomic mass is 32.2. The molecule has 3 rings (SSSR count). The van der Waals surface area contributed by atoms with Gasteiger partial charge in [0.15, 0.2) is 5.78 Å². The zero-order valence-electron chi connectivity index (χ0n) is 13.6. The van der Waals surface area contributed by atoms with Crippen LogP contribution in [0.1, 0.15) is 12.5 Å². The normalized spacial score (nSPS) is 14.9. The summed E-state index contributed by atoms with van der Waals surface area (Å²) in [6.45, 7) is 2.84. The number of nitrogens with zero attached hydrogens (tertiary/aromatic N) is 2. The van der Waals surface area contributed by atoms with Gasteiger partial charge in [0, 0.05) is 29.6 Å². The summed E-state index contributed by atoms with van der Waals surface area (Å²) < 4.78 is 0. The van der Waals surface area contributed by atoms with Crippen LogP contribution in [0.15, 0.2) is 70.6 Å². The number of hydrogen-bond donors (Lipinski definition) is 0. The molecule has 126 valence electrons. The van der Waals surface area contributed by atoms with Crippen LogP contribution in [0.2, 0.25) is 0 Å². The Kier molecular flexibility index (Phi) is 5.00. The molecule has 25 heavy (non-hydrogen) atoms. The molecular formula is C19H16N2O3S. The molecule has 5 nitrogen and oxygen atoms in total. The summed E-state index contributed by atoms with van der Waals surface area (Å²) >= 11 is 1.58. The predicted octanol–water partition coefficient (Wildman–Crippen LogP) is 4.65. The van der Waals surface area contributed by atoms with Crippen molar-refractivity contribution in [2.24, 2.45) is 0 Å². The minimum Gasteiger partial charge on any atom is -0.335 e. The van der Waals surface area contributed by atoms with Gasteiger partial charge in [-0.15, -0.1) is 0 Å². The summed E-state index contributed by atoms with van der Waals surface area (Å²) in [7, 11) is 0. The Balaban J connectivity index is 1.73. The van der Waals surface area contributed by atoms with Crippen molar-refractivity contribution in [3.8, 4) is 0 Å². The van der Waals surface area contributed by atoms with Crippen molar-refractivity contribution >= 4 is 35.0 Å². The van der Waals surface area contributed by atoms with E-state index in [-0.39, 0.29) is 11.5 Å². The van der Waals surface area contributed by atoms with Gasteiger partial charge in [0.2, 0.25) is 0 Å². The maximum absolute atomic E-state index is 12.2. The van der Waals surface area contributed by atoms with Crippen molar-refractivity contribution in [3.63, 3.8) is 0 Å². The monoisotopic (exact) mass is 352 g/mol. The first-order valence-corrected chi connectivity index (χ1v) is 8.62. The van der Waals surface area contributed by atoms with Gasteiger partial charge in [0.1, 0.15) is 0 Å². The van der Waals surface area contributed by atoms with Gasteiger partial charge in [0.25, 0.3) is 5.69 Å². The van der Waals surface area contributed by atoms with E-state index < -0.39 is 4.92 Å². The number of carbonyl (C=O) groups is 1. The Morgan fingerprint density at radius 3 is 2.60 bits per heavy atom. The Labute approximate surface area is 149 Å². The summed E-state index contributed by atoms with van der Waals surface area (Å²) in [6, 6.07) is 14.1. The van der Waals surface area contributed by atoms with Crippen molar-refractivity contribution in [1.29, 1.82) is 0 Å². The van der Waals surface area contributed by atoms with Gasteiger partial charge in [-0.1, -0.05) is 30.0 Å². The van der Waals surface area contributed by atoms with Crippen LogP contribution in [0, 0.1) is 10.1 Å². The molecule has 0 spiro atoms. The third-order valence-corrected chi connectivity index (χ3v) is 4.88. The molecule has 1 aliphatic heterocycles. The van der Waals surface area contributed by atoms with E-state index in [4.69, 9.17) is 0 Å². The number of thioether (sulfide) groups is 1. The molecule has 0 amide bonds. The third-order valence-electron chi connectivity index (χ3n) is 3.76. The zero-order valence-corrected chi connectivity index (χ0v) is 14.4.